The molecule has 27 heteroatoms. The topological polar surface area (TPSA) is 348 Å². The number of rotatable bonds is 14. The van der Waals surface area contributed by atoms with Crippen molar-refractivity contribution in [3.63, 3.8) is 0 Å². The monoisotopic (exact) mass is 790 g/mol. The van der Waals surface area contributed by atoms with Crippen molar-refractivity contribution in [1.29, 1.82) is 0 Å². The zero-order chi connectivity index (χ0) is 37.7. The number of amides is 1. The highest BCUT2D eigenvalue weighted by Crippen LogP contribution is 2.51. The number of carbonyl (C=O) groups is 1. The Morgan fingerprint density at radius 3 is 2.00 bits per heavy atom. The number of phenols is 2. The van der Waals surface area contributed by atoms with E-state index in [4.69, 9.17) is 10.5 Å². The molecule has 0 atom stereocenters. The van der Waals surface area contributed by atoms with Gasteiger partial charge in [0, 0.05) is 19.1 Å². The van der Waals surface area contributed by atoms with Crippen LogP contribution in [0.4, 0.5) is 34.1 Å². The van der Waals surface area contributed by atoms with Crippen LogP contribution >= 0.6 is 24.1 Å². The van der Waals surface area contributed by atoms with Gasteiger partial charge in [-0.2, -0.15) is 21.9 Å². The molecule has 4 rings (SSSR count). The second-order valence-electron chi connectivity index (χ2n) is 9.31. The number of carbonyl (C=O) groups excluding carboxylic acids is 1. The summed E-state index contributed by atoms with van der Waals surface area (Å²) in [5.41, 5.74) is -2.89. The third-order valence-corrected chi connectivity index (χ3v) is 9.08. The first-order valence-corrected chi connectivity index (χ1v) is 17.2. The van der Waals surface area contributed by atoms with Crippen LogP contribution in [0, 0.1) is 10.1 Å². The molecule has 0 bridgehead atoms. The Hall–Kier alpha value is -4.91. The number of non-ortho nitro benzene ring substituents is 1. The predicted molar refractivity (Wildman–Crippen MR) is 170 cm³/mol. The van der Waals surface area contributed by atoms with Crippen molar-refractivity contribution in [2.75, 3.05) is 5.32 Å². The SMILES string of the molecule is CC(=O)Nc1ccc(/N=N/c2c(SOOO)cc3cc(S(=O)(=O)O)c(/N=N/c4ccc([N+](=O)[O-])cc4SOOO)c(O)c3c2O)cc1S(=O)(=O)O. The number of phenolic OH excluding ortho intramolecular Hbond substituents is 2. The highest BCUT2D eigenvalue weighted by molar-refractivity contribution is 7.95. The molecule has 0 aliphatic heterocycles. The lowest BCUT2D eigenvalue weighted by Crippen LogP contribution is -2.10. The van der Waals surface area contributed by atoms with Crippen LogP contribution in [0.2, 0.25) is 0 Å². The van der Waals surface area contributed by atoms with E-state index >= 15 is 0 Å². The number of aromatic hydroxyl groups is 2. The molecule has 0 unspecified atom stereocenters. The van der Waals surface area contributed by atoms with Gasteiger partial charge in [0.25, 0.3) is 25.9 Å². The number of anilines is 1. The van der Waals surface area contributed by atoms with Crippen LogP contribution in [0.3, 0.4) is 0 Å². The van der Waals surface area contributed by atoms with Crippen molar-refractivity contribution in [3.8, 4) is 11.5 Å². The molecular formula is C24H18N6O17S4. The Labute approximate surface area is 291 Å². The van der Waals surface area contributed by atoms with Gasteiger partial charge in [-0.15, -0.1) is 24.0 Å². The Morgan fingerprint density at radius 2 is 1.41 bits per heavy atom. The molecule has 0 spiro atoms. The molecular weight excluding hydrogens is 773 g/mol. The summed E-state index contributed by atoms with van der Waals surface area (Å²) in [5.74, 6) is -2.77. The molecule has 7 N–H and O–H groups in total. The number of hydrogen-bond acceptors (Lipinski definition) is 21. The molecule has 270 valence electrons. The number of azo groups is 2. The number of benzene rings is 4. The highest BCUT2D eigenvalue weighted by atomic mass is 32.2. The smallest absolute Gasteiger partial charge is 0.296 e. The summed E-state index contributed by atoms with van der Waals surface area (Å²) in [5, 5.41) is 74.2. The zero-order valence-electron chi connectivity index (χ0n) is 24.7. The Morgan fingerprint density at radius 1 is 0.804 bits per heavy atom. The molecule has 4 aromatic carbocycles. The van der Waals surface area contributed by atoms with Crippen LogP contribution in [-0.2, 0) is 43.8 Å². The normalized spacial score (nSPS) is 12.3. The molecule has 4 aromatic rings. The Kier molecular flexibility index (Phi) is 12.2. The summed E-state index contributed by atoms with van der Waals surface area (Å²) in [4.78, 5) is 19.5. The van der Waals surface area contributed by atoms with Crippen molar-refractivity contribution < 1.29 is 75.1 Å². The number of nitro benzene ring substituents is 1. The standard InChI is InChI=1S/C24H18N6O17S4/c1-10(31)25-15-4-2-12(8-18(15)50(38,39)40)26-28-21-17(49-47-45-37)6-11-7-19(51(41,42)43)22(24(33)20(11)23(21)32)29-27-14-5-3-13(30(34)35)9-16(14)48-46-44-36/h2-9,32-33,36-37H,1H3,(H,25,31)(H,38,39,40)(H,41,42,43)/b28-26+,29-27+. The average Bonchev–Trinajstić information content (AvgIpc) is 3.04. The van der Waals surface area contributed by atoms with Crippen molar-refractivity contribution in [1.82, 2.24) is 0 Å². The van der Waals surface area contributed by atoms with Gasteiger partial charge in [-0.3, -0.25) is 24.0 Å². The van der Waals surface area contributed by atoms with Gasteiger partial charge in [-0.1, -0.05) is 10.1 Å². The van der Waals surface area contributed by atoms with E-state index in [1.807, 2.05) is 0 Å². The summed E-state index contributed by atoms with van der Waals surface area (Å²) < 4.78 is 76.9. The van der Waals surface area contributed by atoms with E-state index in [0.29, 0.717) is 0 Å². The number of hydrogen-bond donors (Lipinski definition) is 7. The quantitative estimate of drug-likeness (QED) is 0.0184. The first kappa shape index (κ1) is 38.9. The second-order valence-corrected chi connectivity index (χ2v) is 13.6. The van der Waals surface area contributed by atoms with Gasteiger partial charge in [0.05, 0.1) is 55.6 Å². The van der Waals surface area contributed by atoms with Gasteiger partial charge < -0.3 is 15.5 Å². The van der Waals surface area contributed by atoms with E-state index in [0.717, 1.165) is 55.5 Å². The maximum absolute atomic E-state index is 12.4. The van der Waals surface area contributed by atoms with Gasteiger partial charge in [-0.05, 0) is 41.8 Å². The van der Waals surface area contributed by atoms with Gasteiger partial charge in [0.15, 0.2) is 11.5 Å². The Balaban J connectivity index is 1.94. The molecule has 23 nitrogen and oxygen atoms in total. The van der Waals surface area contributed by atoms with E-state index in [-0.39, 0.29) is 56.3 Å². The second kappa shape index (κ2) is 16.0. The molecule has 0 fully saturated rings. The zero-order valence-corrected chi connectivity index (χ0v) is 27.9. The maximum atomic E-state index is 12.4. The summed E-state index contributed by atoms with van der Waals surface area (Å²) in [6, 6.07) is 7.67. The van der Waals surface area contributed by atoms with Crippen molar-refractivity contribution in [2.24, 2.45) is 20.5 Å². The summed E-state index contributed by atoms with van der Waals surface area (Å²) in [6.07, 6.45) is 0. The van der Waals surface area contributed by atoms with Crippen LogP contribution < -0.4 is 5.32 Å². The molecule has 1 amide bonds. The summed E-state index contributed by atoms with van der Waals surface area (Å²) >= 11 is 0.395. The van der Waals surface area contributed by atoms with Gasteiger partial charge in [0.1, 0.15) is 26.9 Å². The first-order chi connectivity index (χ1) is 24.0. The summed E-state index contributed by atoms with van der Waals surface area (Å²) in [7, 11) is -10.1. The third-order valence-electron chi connectivity index (χ3n) is 6.07. The van der Waals surface area contributed by atoms with E-state index in [1.165, 1.54) is 0 Å². The first-order valence-electron chi connectivity index (χ1n) is 12.8. The largest absolute Gasteiger partial charge is 0.505 e. The van der Waals surface area contributed by atoms with Crippen molar-refractivity contribution in [2.45, 2.75) is 26.5 Å². The lowest BCUT2D eigenvalue weighted by Gasteiger charge is -2.13. The minimum absolute atomic E-state index is 0.175. The number of nitro groups is 1. The fourth-order valence-electron chi connectivity index (χ4n) is 4.08. The molecule has 0 aromatic heterocycles. The van der Waals surface area contributed by atoms with Gasteiger partial charge >= 0.3 is 0 Å². The van der Waals surface area contributed by atoms with E-state index < -0.39 is 74.8 Å². The van der Waals surface area contributed by atoms with Crippen molar-refractivity contribution >= 4 is 95.1 Å². The van der Waals surface area contributed by atoms with Gasteiger partial charge in [0.2, 0.25) is 5.91 Å². The average molecular weight is 791 g/mol. The molecule has 51 heavy (non-hydrogen) atoms. The van der Waals surface area contributed by atoms with E-state index in [1.54, 1.807) is 0 Å². The maximum Gasteiger partial charge on any atom is 0.296 e. The van der Waals surface area contributed by atoms with Crippen molar-refractivity contribution in [3.05, 3.63) is 58.6 Å². The lowest BCUT2D eigenvalue weighted by atomic mass is 10.1. The van der Waals surface area contributed by atoms with Crippen LogP contribution in [0.15, 0.2) is 88.6 Å². The fraction of sp³-hybridized carbons (Fsp3) is 0.0417. The van der Waals surface area contributed by atoms with E-state index in [9.17, 15) is 51.1 Å². The lowest BCUT2D eigenvalue weighted by molar-refractivity contribution is -0.432. The molecule has 0 heterocycles. The molecule has 0 saturated carbocycles. The fourth-order valence-corrected chi connectivity index (χ4v) is 6.36. The molecule has 0 saturated heterocycles. The van der Waals surface area contributed by atoms with Crippen LogP contribution in [0.25, 0.3) is 10.8 Å². The molecule has 0 aliphatic carbocycles. The predicted octanol–water partition coefficient (Wildman–Crippen LogP) is 6.30. The van der Waals surface area contributed by atoms with E-state index in [2.05, 4.69) is 44.5 Å². The van der Waals surface area contributed by atoms with Crippen LogP contribution in [-0.4, -0.2) is 57.5 Å². The highest BCUT2D eigenvalue weighted by Gasteiger charge is 2.27. The number of nitrogens with one attached hydrogen (secondary N) is 1. The van der Waals surface area contributed by atoms with Gasteiger partial charge in [-0.25, -0.2) is 10.5 Å². The minimum atomic E-state index is -5.23. The third kappa shape index (κ3) is 9.26. The molecule has 0 aliphatic rings. The van der Waals surface area contributed by atoms with Crippen LogP contribution in [0.1, 0.15) is 6.92 Å². The summed E-state index contributed by atoms with van der Waals surface area (Å²) in [6.45, 7) is 1.08. The Bertz CT molecular complexity index is 2320. The molecule has 0 radical (unpaired) electrons. The number of fused-ring (bicyclic) bond motifs is 1. The number of nitrogens with zero attached hydrogens (tertiary/aromatic N) is 5. The van der Waals surface area contributed by atoms with Crippen LogP contribution in [0.5, 0.6) is 11.5 Å². The minimum Gasteiger partial charge on any atom is -0.505 e.